The molecule has 0 fully saturated rings. The number of carboxylic acid groups (broad SMARTS) is 1. The van der Waals surface area contributed by atoms with E-state index in [0.29, 0.717) is 5.56 Å². The predicted octanol–water partition coefficient (Wildman–Crippen LogP) is 1.89. The van der Waals surface area contributed by atoms with Gasteiger partial charge in [0.2, 0.25) is 5.91 Å². The van der Waals surface area contributed by atoms with Gasteiger partial charge in [-0.05, 0) is 17.7 Å². The van der Waals surface area contributed by atoms with Crippen LogP contribution in [0, 0.1) is 11.7 Å². The zero-order chi connectivity index (χ0) is 13.7. The lowest BCUT2D eigenvalue weighted by Crippen LogP contribution is -2.29. The number of rotatable bonds is 5. The molecule has 0 aliphatic heterocycles. The Balaban J connectivity index is 2.57. The zero-order valence-corrected chi connectivity index (χ0v) is 10.4. The summed E-state index contributed by atoms with van der Waals surface area (Å²) in [6.45, 7) is 1.75. The van der Waals surface area contributed by atoms with Crippen LogP contribution in [0.2, 0.25) is 0 Å². The lowest BCUT2D eigenvalue weighted by atomic mass is 10.1. The van der Waals surface area contributed by atoms with E-state index in [0.717, 1.165) is 0 Å². The zero-order valence-electron chi connectivity index (χ0n) is 10.4. The normalized spacial score (nSPS) is 11.9. The molecular formula is C13H16FNO3. The third-order valence-corrected chi connectivity index (χ3v) is 2.64. The van der Waals surface area contributed by atoms with Gasteiger partial charge < -0.3 is 10.0 Å². The predicted molar refractivity (Wildman–Crippen MR) is 64.3 cm³/mol. The van der Waals surface area contributed by atoms with Gasteiger partial charge in [-0.15, -0.1) is 0 Å². The summed E-state index contributed by atoms with van der Waals surface area (Å²) in [5.74, 6) is -2.34. The Bertz CT molecular complexity index is 448. The first-order valence-electron chi connectivity index (χ1n) is 5.61. The van der Waals surface area contributed by atoms with Gasteiger partial charge in [-0.2, -0.15) is 0 Å². The Kier molecular flexibility index (Phi) is 4.83. The minimum atomic E-state index is -0.998. The van der Waals surface area contributed by atoms with Crippen molar-refractivity contribution in [2.75, 3.05) is 7.05 Å². The van der Waals surface area contributed by atoms with Gasteiger partial charge in [-0.1, -0.05) is 19.1 Å². The number of benzene rings is 1. The molecule has 0 saturated carbocycles. The van der Waals surface area contributed by atoms with E-state index in [1.807, 2.05) is 0 Å². The number of aliphatic carboxylic acids is 1. The number of hydrogen-bond donors (Lipinski definition) is 1. The first kappa shape index (κ1) is 14.2. The molecule has 0 spiro atoms. The summed E-state index contributed by atoms with van der Waals surface area (Å²) in [5.41, 5.74) is 0.675. The van der Waals surface area contributed by atoms with Crippen LogP contribution in [0.15, 0.2) is 24.3 Å². The van der Waals surface area contributed by atoms with E-state index in [4.69, 9.17) is 5.11 Å². The lowest BCUT2D eigenvalue weighted by Gasteiger charge is -2.18. The fourth-order valence-electron chi connectivity index (χ4n) is 1.50. The summed E-state index contributed by atoms with van der Waals surface area (Å²) >= 11 is 0. The second kappa shape index (κ2) is 6.14. The smallest absolute Gasteiger partial charge is 0.306 e. The fraction of sp³-hybridized carbons (Fsp3) is 0.385. The average molecular weight is 253 g/mol. The largest absolute Gasteiger partial charge is 0.481 e. The van der Waals surface area contributed by atoms with Crippen LogP contribution < -0.4 is 0 Å². The number of carboxylic acids is 1. The van der Waals surface area contributed by atoms with Crippen molar-refractivity contribution in [3.8, 4) is 0 Å². The molecule has 5 heteroatoms. The van der Waals surface area contributed by atoms with Crippen LogP contribution in [0.4, 0.5) is 4.39 Å². The minimum absolute atomic E-state index is 0.0544. The lowest BCUT2D eigenvalue weighted by molar-refractivity contribution is -0.145. The molecule has 0 aromatic heterocycles. The Morgan fingerprint density at radius 2 is 2.11 bits per heavy atom. The summed E-state index contributed by atoms with van der Waals surface area (Å²) < 4.78 is 13.0. The monoisotopic (exact) mass is 253 g/mol. The molecule has 1 N–H and O–H groups in total. The van der Waals surface area contributed by atoms with E-state index in [2.05, 4.69) is 0 Å². The van der Waals surface area contributed by atoms with E-state index in [-0.39, 0.29) is 24.7 Å². The van der Waals surface area contributed by atoms with Crippen molar-refractivity contribution in [1.29, 1.82) is 0 Å². The SMILES string of the molecule is CC(CC(=O)N(C)Cc1cccc(F)c1)C(=O)O. The van der Waals surface area contributed by atoms with Crippen molar-refractivity contribution in [2.45, 2.75) is 19.9 Å². The van der Waals surface area contributed by atoms with Crippen molar-refractivity contribution in [3.05, 3.63) is 35.6 Å². The molecule has 0 bridgehead atoms. The number of nitrogens with zero attached hydrogens (tertiary/aromatic N) is 1. The van der Waals surface area contributed by atoms with Crippen LogP contribution in [0.5, 0.6) is 0 Å². The second-order valence-corrected chi connectivity index (χ2v) is 4.32. The Morgan fingerprint density at radius 1 is 1.44 bits per heavy atom. The van der Waals surface area contributed by atoms with E-state index < -0.39 is 11.9 Å². The van der Waals surface area contributed by atoms with Gasteiger partial charge in [0.1, 0.15) is 5.82 Å². The van der Waals surface area contributed by atoms with E-state index >= 15 is 0 Å². The van der Waals surface area contributed by atoms with Crippen molar-refractivity contribution in [2.24, 2.45) is 5.92 Å². The molecule has 1 unspecified atom stereocenters. The molecule has 98 valence electrons. The molecule has 1 atom stereocenters. The molecule has 0 aliphatic carbocycles. The number of halogens is 1. The van der Waals surface area contributed by atoms with Crippen LogP contribution in [0.3, 0.4) is 0 Å². The van der Waals surface area contributed by atoms with E-state index in [9.17, 15) is 14.0 Å². The molecule has 1 aromatic carbocycles. The molecule has 1 aromatic rings. The first-order valence-corrected chi connectivity index (χ1v) is 5.61. The minimum Gasteiger partial charge on any atom is -0.481 e. The van der Waals surface area contributed by atoms with Gasteiger partial charge in [0, 0.05) is 20.0 Å². The highest BCUT2D eigenvalue weighted by atomic mass is 19.1. The van der Waals surface area contributed by atoms with Gasteiger partial charge >= 0.3 is 5.97 Å². The van der Waals surface area contributed by atoms with Crippen molar-refractivity contribution in [1.82, 2.24) is 4.90 Å². The number of carbonyl (C=O) groups is 2. The number of carbonyl (C=O) groups excluding carboxylic acids is 1. The molecule has 0 aliphatic rings. The molecule has 1 amide bonds. The van der Waals surface area contributed by atoms with Gasteiger partial charge in [0.25, 0.3) is 0 Å². The summed E-state index contributed by atoms with van der Waals surface area (Å²) in [7, 11) is 1.57. The molecule has 0 saturated heterocycles. The van der Waals surface area contributed by atoms with Gasteiger partial charge in [0.05, 0.1) is 5.92 Å². The fourth-order valence-corrected chi connectivity index (χ4v) is 1.50. The van der Waals surface area contributed by atoms with Crippen molar-refractivity contribution in [3.63, 3.8) is 0 Å². The second-order valence-electron chi connectivity index (χ2n) is 4.32. The molecular weight excluding hydrogens is 237 g/mol. The van der Waals surface area contributed by atoms with Gasteiger partial charge in [-0.3, -0.25) is 9.59 Å². The Labute approximate surface area is 105 Å². The van der Waals surface area contributed by atoms with Crippen LogP contribution in [-0.4, -0.2) is 28.9 Å². The highest BCUT2D eigenvalue weighted by Gasteiger charge is 2.18. The van der Waals surface area contributed by atoms with Crippen LogP contribution in [0.25, 0.3) is 0 Å². The molecule has 4 nitrogen and oxygen atoms in total. The van der Waals surface area contributed by atoms with Crippen LogP contribution in [0.1, 0.15) is 18.9 Å². The van der Waals surface area contributed by atoms with Crippen molar-refractivity contribution >= 4 is 11.9 Å². The standard InChI is InChI=1S/C13H16FNO3/c1-9(13(17)18)6-12(16)15(2)8-10-4-3-5-11(14)7-10/h3-5,7,9H,6,8H2,1-2H3,(H,17,18). The number of hydrogen-bond acceptors (Lipinski definition) is 2. The summed E-state index contributed by atoms with van der Waals surface area (Å²) in [6, 6.07) is 5.97. The molecule has 1 rings (SSSR count). The maximum absolute atomic E-state index is 13.0. The molecule has 0 heterocycles. The maximum atomic E-state index is 13.0. The van der Waals surface area contributed by atoms with Gasteiger partial charge in [0.15, 0.2) is 0 Å². The van der Waals surface area contributed by atoms with Crippen LogP contribution >= 0.6 is 0 Å². The molecule has 0 radical (unpaired) electrons. The van der Waals surface area contributed by atoms with Gasteiger partial charge in [-0.25, -0.2) is 4.39 Å². The van der Waals surface area contributed by atoms with Crippen molar-refractivity contribution < 1.29 is 19.1 Å². The van der Waals surface area contributed by atoms with E-state index in [1.54, 1.807) is 19.2 Å². The molecule has 18 heavy (non-hydrogen) atoms. The Hall–Kier alpha value is -1.91. The highest BCUT2D eigenvalue weighted by Crippen LogP contribution is 2.09. The summed E-state index contributed by atoms with van der Waals surface area (Å²) in [4.78, 5) is 23.8. The maximum Gasteiger partial charge on any atom is 0.306 e. The van der Waals surface area contributed by atoms with Crippen LogP contribution in [-0.2, 0) is 16.1 Å². The summed E-state index contributed by atoms with van der Waals surface area (Å²) in [6.07, 6.45) is -0.0544. The quantitative estimate of drug-likeness (QED) is 0.871. The Morgan fingerprint density at radius 3 is 2.67 bits per heavy atom. The highest BCUT2D eigenvalue weighted by molar-refractivity contribution is 5.81. The first-order chi connectivity index (χ1) is 8.40. The summed E-state index contributed by atoms with van der Waals surface area (Å²) in [5, 5.41) is 8.72. The number of amides is 1. The topological polar surface area (TPSA) is 57.6 Å². The average Bonchev–Trinajstić information content (AvgIpc) is 2.28. The third kappa shape index (κ3) is 4.16. The van der Waals surface area contributed by atoms with E-state index in [1.165, 1.54) is 24.0 Å². The third-order valence-electron chi connectivity index (χ3n) is 2.64.